The van der Waals surface area contributed by atoms with E-state index >= 15 is 0 Å². The second kappa shape index (κ2) is 5.42. The van der Waals surface area contributed by atoms with Gasteiger partial charge in [0.25, 0.3) is 0 Å². The first-order chi connectivity index (χ1) is 5.22. The standard InChI is InChI=1S/C10H13N/c1-5-6-9(2)10(3)7-8-11-4/h5-8H,2-4H2,1H3/b6-5-,8-7-. The van der Waals surface area contributed by atoms with Gasteiger partial charge in [0.2, 0.25) is 0 Å². The van der Waals surface area contributed by atoms with Crippen LogP contribution in [0.2, 0.25) is 0 Å². The van der Waals surface area contributed by atoms with Crippen molar-refractivity contribution in [2.24, 2.45) is 4.99 Å². The second-order valence-electron chi connectivity index (χ2n) is 2.05. The molecule has 0 radical (unpaired) electrons. The summed E-state index contributed by atoms with van der Waals surface area (Å²) in [6.07, 6.45) is 7.19. The van der Waals surface area contributed by atoms with Crippen LogP contribution in [0, 0.1) is 0 Å². The van der Waals surface area contributed by atoms with Crippen LogP contribution in [0.3, 0.4) is 0 Å². The van der Waals surface area contributed by atoms with Crippen molar-refractivity contribution >= 4 is 6.72 Å². The first-order valence-electron chi connectivity index (χ1n) is 3.35. The fraction of sp³-hybridized carbons (Fsp3) is 0.100. The van der Waals surface area contributed by atoms with Gasteiger partial charge in [-0.05, 0) is 30.9 Å². The molecule has 0 aromatic carbocycles. The summed E-state index contributed by atoms with van der Waals surface area (Å²) in [6, 6.07) is 0. The summed E-state index contributed by atoms with van der Waals surface area (Å²) >= 11 is 0. The van der Waals surface area contributed by atoms with E-state index in [1.54, 1.807) is 12.3 Å². The van der Waals surface area contributed by atoms with Crippen LogP contribution >= 0.6 is 0 Å². The smallest absolute Gasteiger partial charge is 0.0266 e. The summed E-state index contributed by atoms with van der Waals surface area (Å²) in [5, 5.41) is 0. The first kappa shape index (κ1) is 9.63. The van der Waals surface area contributed by atoms with Gasteiger partial charge in [0.05, 0.1) is 0 Å². The van der Waals surface area contributed by atoms with Crippen molar-refractivity contribution in [3.05, 3.63) is 48.7 Å². The van der Waals surface area contributed by atoms with Crippen LogP contribution in [0.1, 0.15) is 6.92 Å². The largest absolute Gasteiger partial charge is 0.272 e. The van der Waals surface area contributed by atoms with Crippen LogP contribution in [-0.4, -0.2) is 6.72 Å². The molecule has 0 saturated carbocycles. The predicted octanol–water partition coefficient (Wildman–Crippen LogP) is 2.89. The number of allylic oxidation sites excluding steroid dienone is 5. The third-order valence-corrected chi connectivity index (χ3v) is 1.16. The van der Waals surface area contributed by atoms with E-state index in [4.69, 9.17) is 0 Å². The Morgan fingerprint density at radius 3 is 2.18 bits per heavy atom. The zero-order valence-corrected chi connectivity index (χ0v) is 6.88. The van der Waals surface area contributed by atoms with Crippen molar-refractivity contribution in [3.8, 4) is 0 Å². The highest BCUT2D eigenvalue weighted by atomic mass is 14.6. The van der Waals surface area contributed by atoms with Crippen LogP contribution < -0.4 is 0 Å². The van der Waals surface area contributed by atoms with Gasteiger partial charge in [0.1, 0.15) is 0 Å². The molecular weight excluding hydrogens is 134 g/mol. The molecule has 11 heavy (non-hydrogen) atoms. The third kappa shape index (κ3) is 4.09. The summed E-state index contributed by atoms with van der Waals surface area (Å²) in [6.45, 7) is 12.8. The number of hydrogen-bond donors (Lipinski definition) is 0. The van der Waals surface area contributed by atoms with Crippen molar-refractivity contribution in [3.63, 3.8) is 0 Å². The maximum atomic E-state index is 3.80. The third-order valence-electron chi connectivity index (χ3n) is 1.16. The van der Waals surface area contributed by atoms with Crippen molar-refractivity contribution in [1.29, 1.82) is 0 Å². The molecule has 0 aliphatic carbocycles. The molecular formula is C10H13N. The fourth-order valence-corrected chi connectivity index (χ4v) is 0.558. The molecule has 0 spiro atoms. The minimum atomic E-state index is 0.857. The molecule has 0 unspecified atom stereocenters. The molecule has 0 aliphatic heterocycles. The maximum absolute atomic E-state index is 3.80. The number of aliphatic imine (C=N–C) groups is 1. The lowest BCUT2D eigenvalue weighted by Crippen LogP contribution is -1.76. The maximum Gasteiger partial charge on any atom is 0.0266 e. The van der Waals surface area contributed by atoms with Gasteiger partial charge in [-0.25, -0.2) is 0 Å². The topological polar surface area (TPSA) is 12.4 Å². The molecule has 0 rings (SSSR count). The lowest BCUT2D eigenvalue weighted by Gasteiger charge is -1.95. The summed E-state index contributed by atoms with van der Waals surface area (Å²) in [5.74, 6) is 0. The Balaban J connectivity index is 4.14. The Kier molecular flexibility index (Phi) is 4.74. The molecule has 0 aromatic heterocycles. The normalized spacial score (nSPS) is 10.6. The van der Waals surface area contributed by atoms with Crippen molar-refractivity contribution in [2.75, 3.05) is 0 Å². The number of nitrogens with zero attached hydrogens (tertiary/aromatic N) is 1. The molecule has 0 bridgehead atoms. The highest BCUT2D eigenvalue weighted by Crippen LogP contribution is 2.07. The summed E-state index contributed by atoms with van der Waals surface area (Å²) in [7, 11) is 0. The SMILES string of the molecule is C=N/C=C\C(=C)C(=C)/C=C\C. The van der Waals surface area contributed by atoms with E-state index in [2.05, 4.69) is 24.9 Å². The Morgan fingerprint density at radius 2 is 1.73 bits per heavy atom. The Morgan fingerprint density at radius 1 is 1.18 bits per heavy atom. The van der Waals surface area contributed by atoms with Gasteiger partial charge in [-0.3, -0.25) is 4.99 Å². The van der Waals surface area contributed by atoms with Gasteiger partial charge in [0, 0.05) is 6.20 Å². The van der Waals surface area contributed by atoms with Gasteiger partial charge < -0.3 is 0 Å². The average molecular weight is 147 g/mol. The van der Waals surface area contributed by atoms with Gasteiger partial charge in [-0.1, -0.05) is 25.3 Å². The first-order valence-corrected chi connectivity index (χ1v) is 3.35. The zero-order valence-electron chi connectivity index (χ0n) is 6.88. The summed E-state index contributed by atoms with van der Waals surface area (Å²) in [4.78, 5) is 3.56. The van der Waals surface area contributed by atoms with E-state index in [0.717, 1.165) is 11.1 Å². The molecule has 0 atom stereocenters. The summed E-state index contributed by atoms with van der Waals surface area (Å²) in [5.41, 5.74) is 1.75. The Bertz CT molecular complexity index is 219. The van der Waals surface area contributed by atoms with E-state index in [0.29, 0.717) is 0 Å². The van der Waals surface area contributed by atoms with Gasteiger partial charge in [0.15, 0.2) is 0 Å². The van der Waals surface area contributed by atoms with Gasteiger partial charge in [-0.2, -0.15) is 0 Å². The van der Waals surface area contributed by atoms with Crippen molar-refractivity contribution in [2.45, 2.75) is 6.92 Å². The Hall–Kier alpha value is -1.37. The van der Waals surface area contributed by atoms with Gasteiger partial charge in [-0.15, -0.1) is 0 Å². The molecule has 0 aliphatic rings. The van der Waals surface area contributed by atoms with E-state index in [9.17, 15) is 0 Å². The average Bonchev–Trinajstić information content (AvgIpc) is 2.00. The van der Waals surface area contributed by atoms with Crippen LogP contribution in [0.25, 0.3) is 0 Å². The minimum Gasteiger partial charge on any atom is -0.272 e. The van der Waals surface area contributed by atoms with Crippen molar-refractivity contribution < 1.29 is 0 Å². The molecule has 0 N–H and O–H groups in total. The highest BCUT2D eigenvalue weighted by Gasteiger charge is 1.88. The van der Waals surface area contributed by atoms with Crippen LogP contribution in [0.4, 0.5) is 0 Å². The molecule has 0 saturated heterocycles. The molecule has 1 nitrogen and oxygen atoms in total. The minimum absolute atomic E-state index is 0.857. The lowest BCUT2D eigenvalue weighted by atomic mass is 10.1. The molecule has 0 fully saturated rings. The molecule has 0 amide bonds. The van der Waals surface area contributed by atoms with Crippen LogP contribution in [-0.2, 0) is 0 Å². The van der Waals surface area contributed by atoms with Gasteiger partial charge >= 0.3 is 0 Å². The second-order valence-corrected chi connectivity index (χ2v) is 2.05. The quantitative estimate of drug-likeness (QED) is 0.428. The van der Waals surface area contributed by atoms with Crippen LogP contribution in [0.5, 0.6) is 0 Å². The number of rotatable bonds is 4. The Labute approximate surface area is 68.2 Å². The predicted molar refractivity (Wildman–Crippen MR) is 51.8 cm³/mol. The monoisotopic (exact) mass is 147 g/mol. The molecule has 1 heteroatoms. The summed E-state index contributed by atoms with van der Waals surface area (Å²) < 4.78 is 0. The van der Waals surface area contributed by atoms with E-state index in [1.165, 1.54) is 0 Å². The van der Waals surface area contributed by atoms with E-state index < -0.39 is 0 Å². The van der Waals surface area contributed by atoms with E-state index in [-0.39, 0.29) is 0 Å². The molecule has 0 aromatic rings. The number of hydrogen-bond acceptors (Lipinski definition) is 1. The molecule has 0 heterocycles. The lowest BCUT2D eigenvalue weighted by molar-refractivity contribution is 1.52. The highest BCUT2D eigenvalue weighted by molar-refractivity contribution is 5.42. The van der Waals surface area contributed by atoms with Crippen molar-refractivity contribution in [1.82, 2.24) is 0 Å². The zero-order chi connectivity index (χ0) is 8.69. The van der Waals surface area contributed by atoms with Crippen LogP contribution in [0.15, 0.2) is 53.7 Å². The van der Waals surface area contributed by atoms with E-state index in [1.807, 2.05) is 19.1 Å². The fourth-order valence-electron chi connectivity index (χ4n) is 0.558. The molecule has 58 valence electrons.